The molecule has 0 spiro atoms. The summed E-state index contributed by atoms with van der Waals surface area (Å²) in [5.74, 6) is -0.584. The Morgan fingerprint density at radius 2 is 1.68 bits per heavy atom. The van der Waals surface area contributed by atoms with Crippen LogP contribution in [0.5, 0.6) is 0 Å². The lowest BCUT2D eigenvalue weighted by Gasteiger charge is -2.24. The van der Waals surface area contributed by atoms with Crippen molar-refractivity contribution in [3.8, 4) is 0 Å². The lowest BCUT2D eigenvalue weighted by Crippen LogP contribution is -2.39. The van der Waals surface area contributed by atoms with Crippen LogP contribution in [0.15, 0.2) is 52.5 Å². The number of amides is 1. The van der Waals surface area contributed by atoms with Crippen molar-refractivity contribution in [3.63, 3.8) is 0 Å². The number of nitrogens with zero attached hydrogens (tertiary/aromatic N) is 2. The third kappa shape index (κ3) is 5.70. The minimum atomic E-state index is -4.04. The van der Waals surface area contributed by atoms with E-state index in [2.05, 4.69) is 10.5 Å². The van der Waals surface area contributed by atoms with Crippen LogP contribution < -0.4 is 9.73 Å². The van der Waals surface area contributed by atoms with E-state index in [1.807, 2.05) is 13.8 Å². The van der Waals surface area contributed by atoms with E-state index < -0.39 is 22.5 Å². The van der Waals surface area contributed by atoms with E-state index in [-0.39, 0.29) is 20.6 Å². The molecule has 0 aliphatic heterocycles. The summed E-state index contributed by atoms with van der Waals surface area (Å²) in [4.78, 5) is 12.4. The van der Waals surface area contributed by atoms with Gasteiger partial charge in [-0.2, -0.15) is 5.10 Å². The fourth-order valence-electron chi connectivity index (χ4n) is 2.24. The van der Waals surface area contributed by atoms with Crippen molar-refractivity contribution >= 4 is 50.5 Å². The molecule has 0 radical (unpaired) electrons. The van der Waals surface area contributed by atoms with Crippen LogP contribution in [0.3, 0.4) is 0 Å². The zero-order valence-electron chi connectivity index (χ0n) is 15.7. The normalized spacial score (nSPS) is 12.0. The maximum atomic E-state index is 13.2. The third-order valence-corrected chi connectivity index (χ3v) is 6.14. The van der Waals surface area contributed by atoms with Crippen molar-refractivity contribution in [1.82, 2.24) is 5.43 Å². The van der Waals surface area contributed by atoms with E-state index in [0.29, 0.717) is 12.1 Å². The minimum Gasteiger partial charge on any atom is -0.271 e. The second kappa shape index (κ2) is 9.41. The van der Waals surface area contributed by atoms with Gasteiger partial charge in [0.15, 0.2) is 0 Å². The number of benzene rings is 2. The molecule has 28 heavy (non-hydrogen) atoms. The van der Waals surface area contributed by atoms with Crippen LogP contribution in [-0.4, -0.2) is 26.6 Å². The molecule has 2 aromatic carbocycles. The van der Waals surface area contributed by atoms with Crippen molar-refractivity contribution in [3.05, 3.63) is 58.1 Å². The summed E-state index contributed by atoms with van der Waals surface area (Å²) in [6.07, 6.45) is 0.662. The number of rotatable bonds is 7. The molecule has 150 valence electrons. The van der Waals surface area contributed by atoms with Gasteiger partial charge in [-0.05, 0) is 50.6 Å². The Bertz CT molecular complexity index is 970. The van der Waals surface area contributed by atoms with Crippen molar-refractivity contribution < 1.29 is 13.2 Å². The Morgan fingerprint density at radius 3 is 2.21 bits per heavy atom. The standard InChI is InChI=1S/C19H21Cl2N3O3S/c1-4-14(3)22-23-19(25)12-24(17-10-15(20)9-16(21)11-17)28(26,27)18-7-5-13(2)6-8-18/h5-11H,4,12H2,1-3H3,(H,23,25)/b22-14-. The number of hydrogen-bond donors (Lipinski definition) is 1. The van der Waals surface area contributed by atoms with Gasteiger partial charge in [0, 0.05) is 15.8 Å². The molecule has 2 rings (SSSR count). The molecule has 0 saturated carbocycles. The lowest BCUT2D eigenvalue weighted by atomic mass is 10.2. The second-order valence-corrected chi connectivity index (χ2v) is 8.92. The number of hydrazone groups is 1. The van der Waals surface area contributed by atoms with Gasteiger partial charge in [-0.15, -0.1) is 0 Å². The van der Waals surface area contributed by atoms with Crippen LogP contribution in [0.1, 0.15) is 25.8 Å². The summed E-state index contributed by atoms with van der Waals surface area (Å²) in [5, 5.41) is 4.45. The van der Waals surface area contributed by atoms with E-state index in [0.717, 1.165) is 9.87 Å². The molecule has 6 nitrogen and oxygen atoms in total. The van der Waals surface area contributed by atoms with Gasteiger partial charge in [0.25, 0.3) is 15.9 Å². The van der Waals surface area contributed by atoms with Crippen LogP contribution in [0, 0.1) is 6.92 Å². The van der Waals surface area contributed by atoms with Crippen molar-refractivity contribution in [2.24, 2.45) is 5.10 Å². The fourth-order valence-corrected chi connectivity index (χ4v) is 4.16. The third-order valence-electron chi connectivity index (χ3n) is 3.91. The summed E-state index contributed by atoms with van der Waals surface area (Å²) >= 11 is 12.1. The molecule has 0 unspecified atom stereocenters. The molecule has 0 fully saturated rings. The number of hydrogen-bond acceptors (Lipinski definition) is 4. The monoisotopic (exact) mass is 441 g/mol. The van der Waals surface area contributed by atoms with Gasteiger partial charge in [0.05, 0.1) is 10.6 Å². The van der Waals surface area contributed by atoms with Gasteiger partial charge >= 0.3 is 0 Å². The highest BCUT2D eigenvalue weighted by atomic mass is 35.5. The average Bonchev–Trinajstić information content (AvgIpc) is 2.63. The van der Waals surface area contributed by atoms with E-state index in [9.17, 15) is 13.2 Å². The smallest absolute Gasteiger partial charge is 0.264 e. The van der Waals surface area contributed by atoms with Crippen molar-refractivity contribution in [1.29, 1.82) is 0 Å². The molecule has 0 heterocycles. The number of carbonyl (C=O) groups excluding carboxylic acids is 1. The fraction of sp³-hybridized carbons (Fsp3) is 0.263. The number of sulfonamides is 1. The predicted octanol–water partition coefficient (Wildman–Crippen LogP) is 4.40. The highest BCUT2D eigenvalue weighted by molar-refractivity contribution is 7.92. The van der Waals surface area contributed by atoms with Gasteiger partial charge in [-0.3, -0.25) is 9.10 Å². The lowest BCUT2D eigenvalue weighted by molar-refractivity contribution is -0.119. The second-order valence-electron chi connectivity index (χ2n) is 6.19. The summed E-state index contributed by atoms with van der Waals surface area (Å²) in [7, 11) is -4.04. The molecular weight excluding hydrogens is 421 g/mol. The first kappa shape index (κ1) is 22.2. The van der Waals surface area contributed by atoms with Crippen LogP contribution in [0.4, 0.5) is 5.69 Å². The Hall–Kier alpha value is -2.09. The van der Waals surface area contributed by atoms with Gasteiger partial charge in [0.2, 0.25) is 0 Å². The van der Waals surface area contributed by atoms with Crippen LogP contribution >= 0.6 is 23.2 Å². The quantitative estimate of drug-likeness (QED) is 0.510. The van der Waals surface area contributed by atoms with E-state index in [1.54, 1.807) is 19.1 Å². The SMILES string of the molecule is CC/C(C)=N\NC(=O)CN(c1cc(Cl)cc(Cl)c1)S(=O)(=O)c1ccc(C)cc1. The molecule has 2 aromatic rings. The number of halogens is 2. The number of nitrogens with one attached hydrogen (secondary N) is 1. The Morgan fingerprint density at radius 1 is 1.11 bits per heavy atom. The first-order valence-corrected chi connectivity index (χ1v) is 10.7. The molecular formula is C19H21Cl2N3O3S. The molecule has 1 amide bonds. The van der Waals surface area contributed by atoms with E-state index in [4.69, 9.17) is 23.2 Å². The van der Waals surface area contributed by atoms with E-state index >= 15 is 0 Å². The molecule has 9 heteroatoms. The molecule has 0 aliphatic carbocycles. The summed E-state index contributed by atoms with van der Waals surface area (Å²) < 4.78 is 27.4. The molecule has 0 atom stereocenters. The van der Waals surface area contributed by atoms with Gasteiger partial charge < -0.3 is 0 Å². The molecule has 0 aliphatic rings. The van der Waals surface area contributed by atoms with Crippen molar-refractivity contribution in [2.75, 3.05) is 10.8 Å². The van der Waals surface area contributed by atoms with Crippen LogP contribution in [0.25, 0.3) is 0 Å². The van der Waals surface area contributed by atoms with E-state index in [1.165, 1.54) is 30.3 Å². The highest BCUT2D eigenvalue weighted by Gasteiger charge is 2.27. The minimum absolute atomic E-state index is 0.0511. The molecule has 0 bridgehead atoms. The number of carbonyl (C=O) groups is 1. The summed E-state index contributed by atoms with van der Waals surface area (Å²) in [5.41, 5.74) is 4.19. The largest absolute Gasteiger partial charge is 0.271 e. The van der Waals surface area contributed by atoms with Gasteiger partial charge in [-0.25, -0.2) is 13.8 Å². The van der Waals surface area contributed by atoms with Crippen LogP contribution in [0.2, 0.25) is 10.0 Å². The maximum Gasteiger partial charge on any atom is 0.264 e. The zero-order valence-corrected chi connectivity index (χ0v) is 18.1. The number of anilines is 1. The van der Waals surface area contributed by atoms with Crippen molar-refractivity contribution in [2.45, 2.75) is 32.1 Å². The van der Waals surface area contributed by atoms with Gasteiger partial charge in [-0.1, -0.05) is 47.8 Å². The highest BCUT2D eigenvalue weighted by Crippen LogP contribution is 2.29. The Balaban J connectivity index is 2.46. The zero-order chi connectivity index (χ0) is 20.9. The van der Waals surface area contributed by atoms with Gasteiger partial charge in [0.1, 0.15) is 6.54 Å². The first-order valence-electron chi connectivity index (χ1n) is 8.51. The maximum absolute atomic E-state index is 13.2. The summed E-state index contributed by atoms with van der Waals surface area (Å²) in [6.45, 7) is 5.03. The van der Waals surface area contributed by atoms with Crippen LogP contribution in [-0.2, 0) is 14.8 Å². The number of aryl methyl sites for hydroxylation is 1. The molecule has 0 aromatic heterocycles. The summed E-state index contributed by atoms with van der Waals surface area (Å²) in [6, 6.07) is 10.7. The predicted molar refractivity (Wildman–Crippen MR) is 114 cm³/mol. The Labute approximate surface area is 175 Å². The molecule has 1 N–H and O–H groups in total. The first-order chi connectivity index (χ1) is 13.1. The Kier molecular flexibility index (Phi) is 7.46. The topological polar surface area (TPSA) is 78.8 Å². The molecule has 0 saturated heterocycles. The average molecular weight is 442 g/mol.